The van der Waals surface area contributed by atoms with E-state index in [9.17, 15) is 4.79 Å². The van der Waals surface area contributed by atoms with E-state index in [1.807, 2.05) is 37.3 Å². The molecule has 1 aliphatic rings. The average molecular weight is 450 g/mol. The first-order valence-electron chi connectivity index (χ1n) is 8.89. The van der Waals surface area contributed by atoms with Crippen LogP contribution in [0.5, 0.6) is 17.2 Å². The van der Waals surface area contributed by atoms with Crippen LogP contribution in [0, 0.1) is 5.92 Å². The van der Waals surface area contributed by atoms with Gasteiger partial charge < -0.3 is 19.5 Å². The predicted octanol–water partition coefficient (Wildman–Crippen LogP) is 4.93. The lowest BCUT2D eigenvalue weighted by molar-refractivity contribution is -0.115. The van der Waals surface area contributed by atoms with Crippen molar-refractivity contribution in [3.63, 3.8) is 0 Å². The Morgan fingerprint density at radius 2 is 1.93 bits per heavy atom. The molecule has 1 heterocycles. The molecule has 5 nitrogen and oxygen atoms in total. The first-order valence-corrected chi connectivity index (χ1v) is 10.5. The van der Waals surface area contributed by atoms with Crippen molar-refractivity contribution in [1.82, 2.24) is 5.32 Å². The van der Waals surface area contributed by atoms with Gasteiger partial charge in [0.05, 0.1) is 30.3 Å². The van der Waals surface area contributed by atoms with E-state index >= 15 is 0 Å². The van der Waals surface area contributed by atoms with Gasteiger partial charge in [-0.3, -0.25) is 4.79 Å². The van der Waals surface area contributed by atoms with Gasteiger partial charge in [0, 0.05) is 5.92 Å². The molecule has 3 rings (SSSR count). The van der Waals surface area contributed by atoms with Gasteiger partial charge in [-0.25, -0.2) is 0 Å². The Bertz CT molecular complexity index is 934. The number of methoxy groups -OCH3 is 1. The first kappa shape index (κ1) is 21.5. The molecule has 2 aromatic rings. The van der Waals surface area contributed by atoms with E-state index in [4.69, 9.17) is 38.0 Å². The molecule has 1 saturated heterocycles. The van der Waals surface area contributed by atoms with Gasteiger partial charge in [0.15, 0.2) is 11.5 Å². The first-order chi connectivity index (χ1) is 14.0. The Morgan fingerprint density at radius 1 is 1.21 bits per heavy atom. The molecule has 8 heteroatoms. The highest BCUT2D eigenvalue weighted by Gasteiger charge is 2.22. The molecule has 2 aromatic carbocycles. The number of rotatable bonds is 8. The molecule has 0 aliphatic carbocycles. The van der Waals surface area contributed by atoms with Crippen LogP contribution in [-0.4, -0.2) is 30.6 Å². The van der Waals surface area contributed by atoms with Gasteiger partial charge in [-0.1, -0.05) is 60.7 Å². The van der Waals surface area contributed by atoms with Crippen LogP contribution >= 0.6 is 35.6 Å². The number of amides is 1. The molecule has 1 N–H and O–H groups in total. The Hall–Kier alpha value is -2.22. The number of nitrogens with one attached hydrogen (secondary N) is 1. The van der Waals surface area contributed by atoms with Gasteiger partial charge in [0.1, 0.15) is 10.1 Å². The van der Waals surface area contributed by atoms with Crippen molar-refractivity contribution >= 4 is 51.9 Å². The third-order valence-corrected chi connectivity index (χ3v) is 5.42. The summed E-state index contributed by atoms with van der Waals surface area (Å²) in [6, 6.07) is 13.1. The van der Waals surface area contributed by atoms with Gasteiger partial charge in [0.25, 0.3) is 5.91 Å². The molecule has 29 heavy (non-hydrogen) atoms. The highest BCUT2D eigenvalue weighted by molar-refractivity contribution is 8.26. The second-order valence-corrected chi connectivity index (χ2v) is 8.55. The minimum atomic E-state index is -0.220. The van der Waals surface area contributed by atoms with Crippen molar-refractivity contribution in [3.8, 4) is 17.2 Å². The van der Waals surface area contributed by atoms with Gasteiger partial charge in [-0.2, -0.15) is 0 Å². The van der Waals surface area contributed by atoms with Crippen LogP contribution < -0.4 is 19.5 Å². The maximum Gasteiger partial charge on any atom is 0.263 e. The van der Waals surface area contributed by atoms with Crippen LogP contribution in [0.2, 0.25) is 5.02 Å². The summed E-state index contributed by atoms with van der Waals surface area (Å²) in [6.07, 6.45) is 1.72. The van der Waals surface area contributed by atoms with Crippen molar-refractivity contribution in [2.75, 3.05) is 20.3 Å². The van der Waals surface area contributed by atoms with Gasteiger partial charge >= 0.3 is 0 Å². The van der Waals surface area contributed by atoms with Gasteiger partial charge in [0.2, 0.25) is 0 Å². The molecule has 0 bridgehead atoms. The summed E-state index contributed by atoms with van der Waals surface area (Å²) in [6.45, 7) is 2.96. The second kappa shape index (κ2) is 10.0. The number of benzene rings is 2. The summed E-state index contributed by atoms with van der Waals surface area (Å²) < 4.78 is 17.5. The van der Waals surface area contributed by atoms with E-state index in [1.54, 1.807) is 25.3 Å². The molecule has 152 valence electrons. The smallest absolute Gasteiger partial charge is 0.263 e. The number of hydrogen-bond acceptors (Lipinski definition) is 6. The minimum Gasteiger partial charge on any atom is -0.493 e. The maximum absolute atomic E-state index is 11.8. The van der Waals surface area contributed by atoms with Crippen LogP contribution in [0.25, 0.3) is 6.08 Å². The second-order valence-electron chi connectivity index (χ2n) is 6.43. The zero-order chi connectivity index (χ0) is 20.8. The fraction of sp³-hybridized carbons (Fsp3) is 0.238. The summed E-state index contributed by atoms with van der Waals surface area (Å²) in [5.74, 6) is 1.69. The van der Waals surface area contributed by atoms with Crippen molar-refractivity contribution < 1.29 is 19.0 Å². The Kier molecular flexibility index (Phi) is 7.41. The van der Waals surface area contributed by atoms with Crippen molar-refractivity contribution in [3.05, 3.63) is 58.0 Å². The molecule has 1 fully saturated rings. The molecule has 1 aliphatic heterocycles. The summed E-state index contributed by atoms with van der Waals surface area (Å²) >= 11 is 12.6. The lowest BCUT2D eigenvalue weighted by Crippen LogP contribution is -2.17. The molecule has 0 unspecified atom stereocenters. The molecule has 1 atom stereocenters. The lowest BCUT2D eigenvalue weighted by atomic mass is 10.1. The number of thiocarbonyl (C=S) groups is 1. The highest BCUT2D eigenvalue weighted by atomic mass is 35.5. The zero-order valence-corrected chi connectivity index (χ0v) is 18.3. The monoisotopic (exact) mass is 449 g/mol. The van der Waals surface area contributed by atoms with E-state index < -0.39 is 0 Å². The van der Waals surface area contributed by atoms with Crippen LogP contribution in [0.15, 0.2) is 47.4 Å². The summed E-state index contributed by atoms with van der Waals surface area (Å²) in [4.78, 5) is 12.4. The van der Waals surface area contributed by atoms with E-state index in [0.717, 1.165) is 11.3 Å². The average Bonchev–Trinajstić information content (AvgIpc) is 3.02. The predicted molar refractivity (Wildman–Crippen MR) is 121 cm³/mol. The number of thioether (sulfide) groups is 1. The van der Waals surface area contributed by atoms with E-state index in [0.29, 0.717) is 39.0 Å². The lowest BCUT2D eigenvalue weighted by Gasteiger charge is -2.17. The fourth-order valence-corrected chi connectivity index (χ4v) is 3.88. The highest BCUT2D eigenvalue weighted by Crippen LogP contribution is 2.38. The number of carbonyl (C=O) groups is 1. The van der Waals surface area contributed by atoms with E-state index in [1.165, 1.54) is 11.8 Å². The van der Waals surface area contributed by atoms with Crippen LogP contribution in [-0.2, 0) is 4.79 Å². The minimum absolute atomic E-state index is 0.136. The SMILES string of the molecule is COc1cc(/C=C2/SC(=S)NC2=O)cc(Cl)c1OC[C@H](C)COc1ccccc1. The van der Waals surface area contributed by atoms with Gasteiger partial charge in [-0.05, 0) is 35.9 Å². The molecule has 0 saturated carbocycles. The molecule has 0 aromatic heterocycles. The summed E-state index contributed by atoms with van der Waals surface area (Å²) in [7, 11) is 1.55. The zero-order valence-electron chi connectivity index (χ0n) is 15.9. The van der Waals surface area contributed by atoms with Crippen molar-refractivity contribution in [2.24, 2.45) is 5.92 Å². The fourth-order valence-electron chi connectivity index (χ4n) is 2.56. The van der Waals surface area contributed by atoms with E-state index in [2.05, 4.69) is 5.32 Å². The molecular formula is C21H20ClNO4S2. The number of para-hydroxylation sites is 1. The number of halogens is 1. The maximum atomic E-state index is 11.8. The standard InChI is InChI=1S/C21H20ClNO4S2/c1-13(11-26-15-6-4-3-5-7-15)12-27-19-16(22)8-14(9-17(19)25-2)10-18-20(24)23-21(28)29-18/h3-10,13H,11-12H2,1-2H3,(H,23,24,28)/b18-10+/t13-/m1/s1. The molecule has 1 amide bonds. The summed E-state index contributed by atoms with van der Waals surface area (Å²) in [5, 5.41) is 2.99. The number of hydrogen-bond donors (Lipinski definition) is 1. The van der Waals surface area contributed by atoms with Crippen LogP contribution in [0.4, 0.5) is 0 Å². The van der Waals surface area contributed by atoms with Crippen molar-refractivity contribution in [1.29, 1.82) is 0 Å². The Balaban J connectivity index is 1.65. The van der Waals surface area contributed by atoms with E-state index in [-0.39, 0.29) is 11.8 Å². The quantitative estimate of drug-likeness (QED) is 0.455. The van der Waals surface area contributed by atoms with Crippen molar-refractivity contribution in [2.45, 2.75) is 6.92 Å². The summed E-state index contributed by atoms with van der Waals surface area (Å²) in [5.41, 5.74) is 0.724. The third kappa shape index (κ3) is 5.88. The van der Waals surface area contributed by atoms with Crippen LogP contribution in [0.1, 0.15) is 12.5 Å². The van der Waals surface area contributed by atoms with Crippen LogP contribution in [0.3, 0.4) is 0 Å². The third-order valence-electron chi connectivity index (χ3n) is 3.98. The Labute approximate surface area is 184 Å². The molecule has 0 spiro atoms. The van der Waals surface area contributed by atoms with Gasteiger partial charge in [-0.15, -0.1) is 0 Å². The topological polar surface area (TPSA) is 56.8 Å². The number of carbonyl (C=O) groups excluding carboxylic acids is 1. The Morgan fingerprint density at radius 3 is 2.59 bits per heavy atom. The normalized spacial score (nSPS) is 15.9. The molecular weight excluding hydrogens is 430 g/mol. The molecule has 0 radical (unpaired) electrons. The number of ether oxygens (including phenoxy) is 3. The largest absolute Gasteiger partial charge is 0.493 e.